The van der Waals surface area contributed by atoms with E-state index in [2.05, 4.69) is 0 Å². The van der Waals surface area contributed by atoms with E-state index < -0.39 is 11.9 Å². The number of carboxylic acids is 1. The lowest BCUT2D eigenvalue weighted by Gasteiger charge is -2.15. The molecular weight excluding hydrogens is 292 g/mol. The first kappa shape index (κ1) is 16.9. The van der Waals surface area contributed by atoms with Crippen LogP contribution in [-0.4, -0.2) is 24.8 Å². The van der Waals surface area contributed by atoms with Crippen LogP contribution in [0.25, 0.3) is 0 Å². The minimum atomic E-state index is -0.829. The van der Waals surface area contributed by atoms with E-state index in [1.54, 1.807) is 7.11 Å². The summed E-state index contributed by atoms with van der Waals surface area (Å²) in [5, 5.41) is 9.60. The molecule has 0 saturated heterocycles. The van der Waals surface area contributed by atoms with Gasteiger partial charge in [-0.05, 0) is 43.5 Å². The van der Waals surface area contributed by atoms with Crippen molar-refractivity contribution in [3.63, 3.8) is 0 Å². The van der Waals surface area contributed by atoms with Gasteiger partial charge in [0.15, 0.2) is 11.5 Å². The first-order chi connectivity index (χ1) is 11.0. The van der Waals surface area contributed by atoms with E-state index in [0.717, 1.165) is 16.7 Å². The van der Waals surface area contributed by atoms with Crippen LogP contribution in [0, 0.1) is 6.92 Å². The third-order valence-electron chi connectivity index (χ3n) is 3.71. The van der Waals surface area contributed by atoms with E-state index in [9.17, 15) is 9.90 Å². The van der Waals surface area contributed by atoms with Crippen molar-refractivity contribution in [2.45, 2.75) is 26.2 Å². The summed E-state index contributed by atoms with van der Waals surface area (Å²) >= 11 is 0. The molecule has 0 fully saturated rings. The van der Waals surface area contributed by atoms with E-state index in [1.807, 2.05) is 56.3 Å². The van der Waals surface area contributed by atoms with Crippen LogP contribution in [0.3, 0.4) is 0 Å². The second-order valence-corrected chi connectivity index (χ2v) is 5.43. The van der Waals surface area contributed by atoms with Gasteiger partial charge in [0.25, 0.3) is 0 Å². The van der Waals surface area contributed by atoms with Crippen LogP contribution < -0.4 is 9.47 Å². The van der Waals surface area contributed by atoms with E-state index >= 15 is 0 Å². The molecule has 4 nitrogen and oxygen atoms in total. The number of ether oxygens (including phenoxy) is 2. The maximum atomic E-state index is 11.7. The Morgan fingerprint density at radius 2 is 1.96 bits per heavy atom. The lowest BCUT2D eigenvalue weighted by atomic mass is 9.91. The van der Waals surface area contributed by atoms with E-state index in [4.69, 9.17) is 9.47 Å². The summed E-state index contributed by atoms with van der Waals surface area (Å²) in [5.74, 6) is -0.124. The standard InChI is InChI=1S/C19H22O4/c1-4-23-18-12-14(8-9-17(18)22-3)11-16(19(20)21)15-7-5-6-13(2)10-15/h5-10,12,16H,4,11H2,1-3H3,(H,20,21). The third kappa shape index (κ3) is 4.25. The molecule has 0 aliphatic heterocycles. The summed E-state index contributed by atoms with van der Waals surface area (Å²) in [4.78, 5) is 11.7. The number of methoxy groups -OCH3 is 1. The second-order valence-electron chi connectivity index (χ2n) is 5.43. The number of hydrogen-bond donors (Lipinski definition) is 1. The molecule has 0 amide bonds. The first-order valence-corrected chi connectivity index (χ1v) is 7.64. The zero-order valence-corrected chi connectivity index (χ0v) is 13.7. The minimum absolute atomic E-state index is 0.406. The van der Waals surface area contributed by atoms with E-state index in [-0.39, 0.29) is 0 Å². The average Bonchev–Trinajstić information content (AvgIpc) is 2.53. The van der Waals surface area contributed by atoms with Crippen molar-refractivity contribution in [2.75, 3.05) is 13.7 Å². The highest BCUT2D eigenvalue weighted by Crippen LogP contribution is 2.30. The van der Waals surface area contributed by atoms with Crippen LogP contribution in [0.1, 0.15) is 29.5 Å². The monoisotopic (exact) mass is 314 g/mol. The molecule has 0 saturated carbocycles. The van der Waals surface area contributed by atoms with Crippen molar-refractivity contribution in [3.8, 4) is 11.5 Å². The van der Waals surface area contributed by atoms with Crippen LogP contribution >= 0.6 is 0 Å². The summed E-state index contributed by atoms with van der Waals surface area (Å²) in [6, 6.07) is 13.2. The van der Waals surface area contributed by atoms with Gasteiger partial charge in [-0.2, -0.15) is 0 Å². The summed E-state index contributed by atoms with van der Waals surface area (Å²) in [7, 11) is 1.59. The van der Waals surface area contributed by atoms with Crippen molar-refractivity contribution in [1.82, 2.24) is 0 Å². The third-order valence-corrected chi connectivity index (χ3v) is 3.71. The quantitative estimate of drug-likeness (QED) is 0.844. The normalized spacial score (nSPS) is 11.8. The Labute approximate surface area is 136 Å². The Kier molecular flexibility index (Phi) is 5.63. The van der Waals surface area contributed by atoms with E-state index in [0.29, 0.717) is 24.5 Å². The molecular formula is C19H22O4. The van der Waals surface area contributed by atoms with Gasteiger partial charge < -0.3 is 14.6 Å². The van der Waals surface area contributed by atoms with Gasteiger partial charge >= 0.3 is 5.97 Å². The Morgan fingerprint density at radius 3 is 2.57 bits per heavy atom. The predicted molar refractivity (Wildman–Crippen MR) is 89.4 cm³/mol. The summed E-state index contributed by atoms with van der Waals surface area (Å²) in [6.07, 6.45) is 0.406. The Bertz CT molecular complexity index is 679. The van der Waals surface area contributed by atoms with Crippen LogP contribution in [0.5, 0.6) is 11.5 Å². The SMILES string of the molecule is CCOc1cc(CC(C(=O)O)c2cccc(C)c2)ccc1OC. The molecule has 0 spiro atoms. The molecule has 0 bridgehead atoms. The van der Waals surface area contributed by atoms with Crippen molar-refractivity contribution in [3.05, 3.63) is 59.2 Å². The fraction of sp³-hybridized carbons (Fsp3) is 0.316. The molecule has 0 aromatic heterocycles. The average molecular weight is 314 g/mol. The Balaban J connectivity index is 2.30. The topological polar surface area (TPSA) is 55.8 Å². The first-order valence-electron chi connectivity index (χ1n) is 7.64. The van der Waals surface area contributed by atoms with Crippen LogP contribution in [0.2, 0.25) is 0 Å². The van der Waals surface area contributed by atoms with Gasteiger partial charge in [0.05, 0.1) is 19.6 Å². The maximum Gasteiger partial charge on any atom is 0.311 e. The highest BCUT2D eigenvalue weighted by Gasteiger charge is 2.21. The zero-order chi connectivity index (χ0) is 16.8. The van der Waals surface area contributed by atoms with E-state index in [1.165, 1.54) is 0 Å². The van der Waals surface area contributed by atoms with Gasteiger partial charge in [-0.25, -0.2) is 0 Å². The molecule has 0 heterocycles. The highest BCUT2D eigenvalue weighted by molar-refractivity contribution is 5.76. The number of benzene rings is 2. The summed E-state index contributed by atoms with van der Waals surface area (Å²) in [5.41, 5.74) is 2.77. The van der Waals surface area contributed by atoms with Gasteiger partial charge in [0.1, 0.15) is 0 Å². The second kappa shape index (κ2) is 7.68. The van der Waals surface area contributed by atoms with Crippen molar-refractivity contribution < 1.29 is 19.4 Å². The predicted octanol–water partition coefficient (Wildman–Crippen LogP) is 3.81. The number of aliphatic carboxylic acids is 1. The number of hydrogen-bond acceptors (Lipinski definition) is 3. The molecule has 4 heteroatoms. The van der Waals surface area contributed by atoms with Gasteiger partial charge in [-0.1, -0.05) is 35.9 Å². The van der Waals surface area contributed by atoms with Gasteiger partial charge in [-0.3, -0.25) is 4.79 Å². The fourth-order valence-electron chi connectivity index (χ4n) is 2.59. The highest BCUT2D eigenvalue weighted by atomic mass is 16.5. The molecule has 2 aromatic carbocycles. The Morgan fingerprint density at radius 1 is 1.17 bits per heavy atom. The number of carbonyl (C=O) groups is 1. The van der Waals surface area contributed by atoms with Crippen molar-refractivity contribution >= 4 is 5.97 Å². The number of rotatable bonds is 7. The molecule has 23 heavy (non-hydrogen) atoms. The maximum absolute atomic E-state index is 11.7. The van der Waals surface area contributed by atoms with Gasteiger partial charge in [0.2, 0.25) is 0 Å². The van der Waals surface area contributed by atoms with Crippen molar-refractivity contribution in [2.24, 2.45) is 0 Å². The Hall–Kier alpha value is -2.49. The molecule has 2 aromatic rings. The molecule has 0 radical (unpaired) electrons. The fourth-order valence-corrected chi connectivity index (χ4v) is 2.59. The summed E-state index contributed by atoms with van der Waals surface area (Å²) < 4.78 is 10.8. The molecule has 0 aliphatic rings. The lowest BCUT2D eigenvalue weighted by molar-refractivity contribution is -0.138. The molecule has 1 unspecified atom stereocenters. The smallest absolute Gasteiger partial charge is 0.311 e. The van der Waals surface area contributed by atoms with Gasteiger partial charge in [-0.15, -0.1) is 0 Å². The largest absolute Gasteiger partial charge is 0.493 e. The molecule has 2 rings (SSSR count). The number of aryl methyl sites for hydroxylation is 1. The lowest BCUT2D eigenvalue weighted by Crippen LogP contribution is -2.14. The van der Waals surface area contributed by atoms with Gasteiger partial charge in [0, 0.05) is 0 Å². The molecule has 1 atom stereocenters. The van der Waals surface area contributed by atoms with Crippen LogP contribution in [0.4, 0.5) is 0 Å². The van der Waals surface area contributed by atoms with Crippen LogP contribution in [0.15, 0.2) is 42.5 Å². The molecule has 1 N–H and O–H groups in total. The van der Waals surface area contributed by atoms with Crippen LogP contribution in [-0.2, 0) is 11.2 Å². The zero-order valence-electron chi connectivity index (χ0n) is 13.7. The summed E-state index contributed by atoms with van der Waals surface area (Å²) in [6.45, 7) is 4.39. The minimum Gasteiger partial charge on any atom is -0.493 e. The van der Waals surface area contributed by atoms with Crippen molar-refractivity contribution in [1.29, 1.82) is 0 Å². The number of carboxylic acid groups (broad SMARTS) is 1. The molecule has 0 aliphatic carbocycles. The molecule has 122 valence electrons.